The minimum Gasteiger partial charge on any atom is -0.494 e. The van der Waals surface area contributed by atoms with Crippen molar-refractivity contribution in [2.75, 3.05) is 31.1 Å². The highest BCUT2D eigenvalue weighted by Gasteiger charge is 2.19. The van der Waals surface area contributed by atoms with E-state index >= 15 is 0 Å². The predicted molar refractivity (Wildman–Crippen MR) is 124 cm³/mol. The molecule has 0 bridgehead atoms. The number of ether oxygens (including phenoxy) is 1. The Hall–Kier alpha value is -3.70. The van der Waals surface area contributed by atoms with Crippen molar-refractivity contribution in [3.8, 4) is 11.8 Å². The van der Waals surface area contributed by atoms with Crippen molar-refractivity contribution in [2.24, 2.45) is 0 Å². The van der Waals surface area contributed by atoms with E-state index in [1.165, 1.54) is 0 Å². The summed E-state index contributed by atoms with van der Waals surface area (Å²) in [7, 11) is 0. The van der Waals surface area contributed by atoms with Crippen LogP contribution in [0.3, 0.4) is 0 Å². The summed E-state index contributed by atoms with van der Waals surface area (Å²) in [6, 6.07) is 16.5. The summed E-state index contributed by atoms with van der Waals surface area (Å²) in [6.45, 7) is 5.77. The Morgan fingerprint density at radius 1 is 1.16 bits per heavy atom. The summed E-state index contributed by atoms with van der Waals surface area (Å²) in [4.78, 5) is 36.4. The van der Waals surface area contributed by atoms with E-state index in [2.05, 4.69) is 16.0 Å². The number of carbonyl (C=O) groups excluding carboxylic acids is 1. The number of hydrogen-bond donors (Lipinski definition) is 1. The molecular formula is C24H27N5O3. The van der Waals surface area contributed by atoms with E-state index < -0.39 is 0 Å². The maximum absolute atomic E-state index is 13.2. The van der Waals surface area contributed by atoms with Crippen molar-refractivity contribution in [3.05, 3.63) is 64.7 Å². The second-order valence-corrected chi connectivity index (χ2v) is 7.21. The molecule has 0 saturated carbocycles. The van der Waals surface area contributed by atoms with Crippen LogP contribution in [-0.4, -0.2) is 47.0 Å². The number of hydrogen-bond acceptors (Lipinski definition) is 6. The van der Waals surface area contributed by atoms with Crippen LogP contribution in [0.15, 0.2) is 53.3 Å². The maximum atomic E-state index is 13.2. The minimum atomic E-state index is -0.196. The number of aromatic nitrogens is 2. The lowest BCUT2D eigenvalue weighted by atomic mass is 10.2. The number of likely N-dealkylation sites (N-methyl/N-ethyl adjacent to an activating group) is 1. The average molecular weight is 434 g/mol. The number of benzene rings is 2. The molecule has 8 nitrogen and oxygen atoms in total. The Labute approximate surface area is 187 Å². The van der Waals surface area contributed by atoms with Crippen LogP contribution in [0, 0.1) is 11.3 Å². The molecule has 1 aromatic heterocycles. The molecular weight excluding hydrogens is 406 g/mol. The van der Waals surface area contributed by atoms with Crippen LogP contribution < -0.4 is 15.2 Å². The van der Waals surface area contributed by atoms with Gasteiger partial charge in [0.1, 0.15) is 11.6 Å². The molecule has 0 atom stereocenters. The van der Waals surface area contributed by atoms with E-state index in [0.717, 1.165) is 5.75 Å². The maximum Gasteiger partial charge on any atom is 0.258 e. The fourth-order valence-corrected chi connectivity index (χ4v) is 3.43. The molecule has 32 heavy (non-hydrogen) atoms. The monoisotopic (exact) mass is 433 g/mol. The summed E-state index contributed by atoms with van der Waals surface area (Å²) in [5, 5.41) is 9.57. The van der Waals surface area contributed by atoms with Crippen LogP contribution in [-0.2, 0) is 11.3 Å². The van der Waals surface area contributed by atoms with Gasteiger partial charge in [-0.3, -0.25) is 14.5 Å². The number of H-pyrrole nitrogens is 1. The van der Waals surface area contributed by atoms with Gasteiger partial charge in [-0.1, -0.05) is 19.1 Å². The Kier molecular flexibility index (Phi) is 7.95. The minimum absolute atomic E-state index is 0.130. The highest BCUT2D eigenvalue weighted by atomic mass is 16.5. The molecule has 0 aliphatic carbocycles. The first-order valence-electron chi connectivity index (χ1n) is 10.7. The normalized spacial score (nSPS) is 10.8. The van der Waals surface area contributed by atoms with Crippen molar-refractivity contribution in [1.82, 2.24) is 14.9 Å². The van der Waals surface area contributed by atoms with Gasteiger partial charge in [0.05, 0.1) is 43.1 Å². The lowest BCUT2D eigenvalue weighted by molar-refractivity contribution is -0.119. The van der Waals surface area contributed by atoms with E-state index in [9.17, 15) is 9.59 Å². The highest BCUT2D eigenvalue weighted by Crippen LogP contribution is 2.20. The van der Waals surface area contributed by atoms with Gasteiger partial charge in [0.2, 0.25) is 5.91 Å². The van der Waals surface area contributed by atoms with Gasteiger partial charge < -0.3 is 14.6 Å². The van der Waals surface area contributed by atoms with Gasteiger partial charge in [-0.05, 0) is 49.9 Å². The average Bonchev–Trinajstić information content (AvgIpc) is 2.80. The first kappa shape index (κ1) is 23.0. The van der Waals surface area contributed by atoms with Crippen molar-refractivity contribution in [1.29, 1.82) is 5.26 Å². The van der Waals surface area contributed by atoms with Crippen LogP contribution in [0.5, 0.6) is 5.75 Å². The zero-order chi connectivity index (χ0) is 22.9. The lowest BCUT2D eigenvalue weighted by Gasteiger charge is -2.26. The lowest BCUT2D eigenvalue weighted by Crippen LogP contribution is -2.41. The van der Waals surface area contributed by atoms with E-state index in [-0.39, 0.29) is 24.4 Å². The standard InChI is InChI=1S/C24H27N5O3/c1-3-28(16-22-26-21-9-6-5-8-20(21)24(31)27-22)17-23(30)29(15-7-14-25)18-10-12-19(13-11-18)32-4-2/h5-6,8-13H,3-4,7,15-17H2,1-2H3,(H,26,27,31). The van der Waals surface area contributed by atoms with Gasteiger partial charge in [0, 0.05) is 12.2 Å². The molecule has 3 aromatic rings. The highest BCUT2D eigenvalue weighted by molar-refractivity contribution is 5.94. The molecule has 1 N–H and O–H groups in total. The van der Waals surface area contributed by atoms with Crippen molar-refractivity contribution in [3.63, 3.8) is 0 Å². The number of carbonyl (C=O) groups is 1. The first-order valence-corrected chi connectivity index (χ1v) is 10.7. The van der Waals surface area contributed by atoms with E-state index in [4.69, 9.17) is 10.00 Å². The first-order chi connectivity index (χ1) is 15.5. The molecule has 0 aliphatic rings. The second-order valence-electron chi connectivity index (χ2n) is 7.21. The summed E-state index contributed by atoms with van der Waals surface area (Å²) in [5.74, 6) is 1.10. The molecule has 166 valence electrons. The molecule has 1 heterocycles. The van der Waals surface area contributed by atoms with Gasteiger partial charge in [0.15, 0.2) is 0 Å². The topological polar surface area (TPSA) is 102 Å². The molecule has 0 saturated heterocycles. The number of aromatic amines is 1. The zero-order valence-corrected chi connectivity index (χ0v) is 18.4. The summed E-state index contributed by atoms with van der Waals surface area (Å²) in [6.07, 6.45) is 0.227. The van der Waals surface area contributed by atoms with Crippen LogP contribution in [0.2, 0.25) is 0 Å². The SMILES string of the molecule is CCOc1ccc(N(CCC#N)C(=O)CN(CC)Cc2nc3ccccc3c(=O)[nH]2)cc1. The zero-order valence-electron chi connectivity index (χ0n) is 18.4. The Morgan fingerprint density at radius 2 is 1.91 bits per heavy atom. The fourth-order valence-electron chi connectivity index (χ4n) is 3.43. The Balaban J connectivity index is 1.76. The molecule has 1 amide bonds. The third kappa shape index (κ3) is 5.71. The van der Waals surface area contributed by atoms with E-state index in [1.54, 1.807) is 23.1 Å². The predicted octanol–water partition coefficient (Wildman–Crippen LogP) is 3.09. The Morgan fingerprint density at radius 3 is 2.59 bits per heavy atom. The fraction of sp³-hybridized carbons (Fsp3) is 0.333. The van der Waals surface area contributed by atoms with E-state index in [0.29, 0.717) is 48.7 Å². The quantitative estimate of drug-likeness (QED) is 0.527. The van der Waals surface area contributed by atoms with Crippen LogP contribution >= 0.6 is 0 Å². The van der Waals surface area contributed by atoms with Crippen molar-refractivity contribution >= 4 is 22.5 Å². The number of fused-ring (bicyclic) bond motifs is 1. The van der Waals surface area contributed by atoms with Gasteiger partial charge in [-0.15, -0.1) is 0 Å². The molecule has 8 heteroatoms. The molecule has 3 rings (SSSR count). The van der Waals surface area contributed by atoms with Crippen molar-refractivity contribution in [2.45, 2.75) is 26.8 Å². The third-order valence-corrected chi connectivity index (χ3v) is 5.05. The second kappa shape index (κ2) is 11.1. The van der Waals surface area contributed by atoms with Crippen molar-refractivity contribution < 1.29 is 9.53 Å². The molecule has 0 spiro atoms. The van der Waals surface area contributed by atoms with Crippen LogP contribution in [0.4, 0.5) is 5.69 Å². The summed E-state index contributed by atoms with van der Waals surface area (Å²) >= 11 is 0. The number of nitrogens with zero attached hydrogens (tertiary/aromatic N) is 4. The number of nitriles is 1. The largest absolute Gasteiger partial charge is 0.494 e. The van der Waals surface area contributed by atoms with Crippen LogP contribution in [0.25, 0.3) is 10.9 Å². The van der Waals surface area contributed by atoms with Gasteiger partial charge in [0.25, 0.3) is 5.56 Å². The smallest absolute Gasteiger partial charge is 0.258 e. The number of rotatable bonds is 10. The summed E-state index contributed by atoms with van der Waals surface area (Å²) in [5.41, 5.74) is 1.14. The Bertz CT molecular complexity index is 1150. The van der Waals surface area contributed by atoms with Gasteiger partial charge in [-0.25, -0.2) is 4.98 Å². The summed E-state index contributed by atoms with van der Waals surface area (Å²) < 4.78 is 5.47. The third-order valence-electron chi connectivity index (χ3n) is 5.05. The molecule has 0 unspecified atom stereocenters. The molecule has 2 aromatic carbocycles. The van der Waals surface area contributed by atoms with Crippen LogP contribution in [0.1, 0.15) is 26.1 Å². The van der Waals surface area contributed by atoms with Gasteiger partial charge in [-0.2, -0.15) is 5.26 Å². The van der Waals surface area contributed by atoms with Gasteiger partial charge >= 0.3 is 0 Å². The number of para-hydroxylation sites is 1. The number of amides is 1. The number of anilines is 1. The van der Waals surface area contributed by atoms with E-state index in [1.807, 2.05) is 49.1 Å². The molecule has 0 aliphatic heterocycles. The molecule has 0 fully saturated rings. The number of nitrogens with one attached hydrogen (secondary N) is 1. The molecule has 0 radical (unpaired) electrons.